The van der Waals surface area contributed by atoms with Crippen LogP contribution in [-0.4, -0.2) is 75.9 Å². The molecule has 1 fully saturated rings. The van der Waals surface area contributed by atoms with Crippen LogP contribution in [0.3, 0.4) is 0 Å². The van der Waals surface area contributed by atoms with Crippen molar-refractivity contribution in [3.8, 4) is 11.5 Å². The van der Waals surface area contributed by atoms with E-state index >= 15 is 0 Å². The number of rotatable bonds is 6. The van der Waals surface area contributed by atoms with Gasteiger partial charge < -0.3 is 39.7 Å². The molecule has 0 aliphatic carbocycles. The van der Waals surface area contributed by atoms with Crippen LogP contribution >= 0.6 is 0 Å². The summed E-state index contributed by atoms with van der Waals surface area (Å²) in [5, 5.41) is 47.7. The van der Waals surface area contributed by atoms with Crippen LogP contribution in [0.4, 0.5) is 0 Å². The van der Waals surface area contributed by atoms with E-state index in [0.717, 1.165) is 6.08 Å². The Balaban J connectivity index is 2.33. The number of methoxy groups -OCH3 is 1. The molecule has 2 rings (SSSR count). The van der Waals surface area contributed by atoms with Crippen molar-refractivity contribution in [3.63, 3.8) is 0 Å². The minimum absolute atomic E-state index is 0.0758. The first-order chi connectivity index (χ1) is 11.9. The number of carboxylic acid groups (broad SMARTS) is 1. The molecule has 0 amide bonds. The van der Waals surface area contributed by atoms with Gasteiger partial charge in [-0.05, 0) is 12.1 Å². The Bertz CT molecular complexity index is 628. The van der Waals surface area contributed by atoms with E-state index in [1.54, 1.807) is 18.2 Å². The summed E-state index contributed by atoms with van der Waals surface area (Å²) in [6, 6.07) is 4.72. The zero-order chi connectivity index (χ0) is 18.6. The van der Waals surface area contributed by atoms with Gasteiger partial charge in [-0.15, -0.1) is 0 Å². The Hall–Kier alpha value is -2.17. The Labute approximate surface area is 143 Å². The van der Waals surface area contributed by atoms with Crippen molar-refractivity contribution in [3.05, 3.63) is 29.8 Å². The third kappa shape index (κ3) is 4.27. The fourth-order valence-corrected chi connectivity index (χ4v) is 2.39. The highest BCUT2D eigenvalue weighted by molar-refractivity contribution is 5.86. The van der Waals surface area contributed by atoms with Crippen molar-refractivity contribution >= 4 is 12.0 Å². The summed E-state index contributed by atoms with van der Waals surface area (Å²) in [7, 11) is 1.38. The lowest BCUT2D eigenvalue weighted by Crippen LogP contribution is -2.60. The van der Waals surface area contributed by atoms with Gasteiger partial charge in [-0.3, -0.25) is 0 Å². The second-order valence-electron chi connectivity index (χ2n) is 5.37. The van der Waals surface area contributed by atoms with Gasteiger partial charge in [-0.1, -0.05) is 12.1 Å². The van der Waals surface area contributed by atoms with E-state index in [-0.39, 0.29) is 11.5 Å². The fraction of sp³-hybridized carbons (Fsp3) is 0.438. The molecule has 0 aromatic heterocycles. The summed E-state index contributed by atoms with van der Waals surface area (Å²) in [6.07, 6.45) is -5.08. The number of hydrogen-bond donors (Lipinski definition) is 5. The molecule has 0 bridgehead atoms. The van der Waals surface area contributed by atoms with E-state index in [2.05, 4.69) is 0 Å². The molecule has 0 unspecified atom stereocenters. The van der Waals surface area contributed by atoms with Gasteiger partial charge >= 0.3 is 5.97 Å². The minimum atomic E-state index is -1.60. The van der Waals surface area contributed by atoms with E-state index in [4.69, 9.17) is 19.3 Å². The van der Waals surface area contributed by atoms with Crippen molar-refractivity contribution in [1.82, 2.24) is 0 Å². The Morgan fingerprint density at radius 1 is 1.24 bits per heavy atom. The number of aliphatic hydroxyl groups excluding tert-OH is 4. The van der Waals surface area contributed by atoms with E-state index in [9.17, 15) is 25.2 Å². The number of aliphatic hydroxyl groups is 4. The van der Waals surface area contributed by atoms with Gasteiger partial charge in [0.25, 0.3) is 0 Å². The van der Waals surface area contributed by atoms with E-state index in [1.807, 2.05) is 0 Å². The van der Waals surface area contributed by atoms with Crippen LogP contribution in [0.25, 0.3) is 6.08 Å². The highest BCUT2D eigenvalue weighted by Gasteiger charge is 2.45. The maximum Gasteiger partial charge on any atom is 0.328 e. The molecule has 1 aromatic carbocycles. The lowest BCUT2D eigenvalue weighted by Gasteiger charge is -2.39. The molecule has 1 aliphatic rings. The molecule has 1 saturated heterocycles. The summed E-state index contributed by atoms with van der Waals surface area (Å²) in [5.74, 6) is -0.849. The summed E-state index contributed by atoms with van der Waals surface area (Å²) in [6.45, 7) is -0.595. The third-order valence-electron chi connectivity index (χ3n) is 3.72. The molecule has 1 aromatic rings. The van der Waals surface area contributed by atoms with Crippen LogP contribution in [0.5, 0.6) is 11.5 Å². The quantitative estimate of drug-likeness (QED) is 0.404. The van der Waals surface area contributed by atoms with Gasteiger partial charge in [0.05, 0.1) is 13.7 Å². The van der Waals surface area contributed by atoms with Crippen molar-refractivity contribution in [2.45, 2.75) is 30.7 Å². The van der Waals surface area contributed by atoms with Crippen LogP contribution in [0.2, 0.25) is 0 Å². The zero-order valence-corrected chi connectivity index (χ0v) is 13.3. The van der Waals surface area contributed by atoms with Gasteiger partial charge in [0.15, 0.2) is 11.5 Å². The SMILES string of the molecule is COc1cccc(/C=C/C(=O)O)c1O[C@@H]1O[C@H](CO)[C@@H](O)[C@H](O)[C@H]1O. The van der Waals surface area contributed by atoms with Crippen molar-refractivity contribution in [1.29, 1.82) is 0 Å². The second-order valence-corrected chi connectivity index (χ2v) is 5.37. The molecular formula is C16H20O9. The molecule has 5 atom stereocenters. The summed E-state index contributed by atoms with van der Waals surface area (Å²) in [4.78, 5) is 10.7. The van der Waals surface area contributed by atoms with Crippen LogP contribution in [0.15, 0.2) is 24.3 Å². The molecule has 1 aliphatic heterocycles. The van der Waals surface area contributed by atoms with Crippen LogP contribution in [-0.2, 0) is 9.53 Å². The Kier molecular flexibility index (Phi) is 6.34. The molecule has 5 N–H and O–H groups in total. The van der Waals surface area contributed by atoms with Crippen LogP contribution in [0.1, 0.15) is 5.56 Å². The molecule has 0 spiro atoms. The van der Waals surface area contributed by atoms with Gasteiger partial charge in [0, 0.05) is 11.6 Å². The molecule has 9 nitrogen and oxygen atoms in total. The second kappa shape index (κ2) is 8.28. The molecule has 0 radical (unpaired) electrons. The number of carbonyl (C=O) groups is 1. The molecule has 25 heavy (non-hydrogen) atoms. The lowest BCUT2D eigenvalue weighted by molar-refractivity contribution is -0.277. The molecule has 0 saturated carbocycles. The van der Waals surface area contributed by atoms with E-state index in [0.29, 0.717) is 5.56 Å². The van der Waals surface area contributed by atoms with E-state index in [1.165, 1.54) is 13.2 Å². The van der Waals surface area contributed by atoms with Crippen LogP contribution < -0.4 is 9.47 Å². The van der Waals surface area contributed by atoms with Gasteiger partial charge in [0.2, 0.25) is 6.29 Å². The van der Waals surface area contributed by atoms with Gasteiger partial charge in [-0.25, -0.2) is 4.79 Å². The van der Waals surface area contributed by atoms with E-state index < -0.39 is 43.3 Å². The number of aliphatic carboxylic acids is 1. The number of hydrogen-bond acceptors (Lipinski definition) is 8. The van der Waals surface area contributed by atoms with Crippen molar-refractivity contribution in [2.24, 2.45) is 0 Å². The topological polar surface area (TPSA) is 146 Å². The number of benzene rings is 1. The fourth-order valence-electron chi connectivity index (χ4n) is 2.39. The number of ether oxygens (including phenoxy) is 3. The van der Waals surface area contributed by atoms with Crippen LogP contribution in [0, 0.1) is 0 Å². The first-order valence-electron chi connectivity index (χ1n) is 7.44. The van der Waals surface area contributed by atoms with Crippen molar-refractivity contribution in [2.75, 3.05) is 13.7 Å². The monoisotopic (exact) mass is 356 g/mol. The maximum absolute atomic E-state index is 10.7. The minimum Gasteiger partial charge on any atom is -0.493 e. The molecule has 1 heterocycles. The first-order valence-corrected chi connectivity index (χ1v) is 7.44. The lowest BCUT2D eigenvalue weighted by atomic mass is 9.99. The number of carboxylic acids is 1. The Morgan fingerprint density at radius 3 is 2.56 bits per heavy atom. The predicted molar refractivity (Wildman–Crippen MR) is 84.1 cm³/mol. The zero-order valence-electron chi connectivity index (χ0n) is 13.3. The smallest absolute Gasteiger partial charge is 0.328 e. The third-order valence-corrected chi connectivity index (χ3v) is 3.72. The normalized spacial score (nSPS) is 29.6. The van der Waals surface area contributed by atoms with Crippen molar-refractivity contribution < 1.29 is 44.5 Å². The largest absolute Gasteiger partial charge is 0.493 e. The summed E-state index contributed by atoms with van der Waals surface area (Å²) in [5.41, 5.74) is 0.332. The number of para-hydroxylation sites is 1. The summed E-state index contributed by atoms with van der Waals surface area (Å²) >= 11 is 0. The molecule has 138 valence electrons. The van der Waals surface area contributed by atoms with Gasteiger partial charge in [0.1, 0.15) is 24.4 Å². The summed E-state index contributed by atoms with van der Waals surface area (Å²) < 4.78 is 16.0. The molecule has 9 heteroatoms. The highest BCUT2D eigenvalue weighted by atomic mass is 16.7. The average molecular weight is 356 g/mol. The average Bonchev–Trinajstić information content (AvgIpc) is 2.60. The van der Waals surface area contributed by atoms with Gasteiger partial charge in [-0.2, -0.15) is 0 Å². The Morgan fingerprint density at radius 2 is 1.96 bits per heavy atom. The predicted octanol–water partition coefficient (Wildman–Crippen LogP) is -1.03. The first kappa shape index (κ1) is 19.2. The molecular weight excluding hydrogens is 336 g/mol. The highest BCUT2D eigenvalue weighted by Crippen LogP contribution is 2.35. The maximum atomic E-state index is 10.7. The standard InChI is InChI=1S/C16H20O9/c1-23-9-4-2-3-8(5-6-11(18)19)15(9)25-16-14(22)13(21)12(20)10(7-17)24-16/h2-6,10,12-14,16-17,20-22H,7H2,1H3,(H,18,19)/b6-5+/t10-,12-,13+,14-,16+/m1/s1.